The van der Waals surface area contributed by atoms with Gasteiger partial charge in [-0.1, -0.05) is 12.1 Å². The van der Waals surface area contributed by atoms with Gasteiger partial charge in [0.2, 0.25) is 0 Å². The lowest BCUT2D eigenvalue weighted by Gasteiger charge is -2.04. The van der Waals surface area contributed by atoms with E-state index >= 15 is 0 Å². The Balaban J connectivity index is 1.33. The molecule has 0 saturated carbocycles. The first-order valence-electron chi connectivity index (χ1n) is 8.53. The molecule has 0 atom stereocenters. The molecule has 3 aromatic heterocycles. The van der Waals surface area contributed by atoms with Crippen LogP contribution in [0.25, 0.3) is 31.6 Å². The topological polar surface area (TPSA) is 68.0 Å². The molecule has 5 nitrogen and oxygen atoms in total. The van der Waals surface area contributed by atoms with Gasteiger partial charge in [-0.25, -0.2) is 9.97 Å². The number of carbonyl (C=O) groups excluding carboxylic acids is 1. The molecule has 0 bridgehead atoms. The molecule has 0 aliphatic carbocycles. The van der Waals surface area contributed by atoms with Crippen LogP contribution < -0.4 is 5.32 Å². The third kappa shape index (κ3) is 3.21. The second kappa shape index (κ2) is 7.03. The molecule has 0 spiro atoms. The summed E-state index contributed by atoms with van der Waals surface area (Å²) in [6.07, 6.45) is 1.77. The molecule has 7 heteroatoms. The fraction of sp³-hybridized carbons (Fsp3) is 0. The SMILES string of the molecule is O=C(Nc1ccc(-c2nccs2)cc1)c1ccc(-c2nc3ccccc3s2)o1. The fourth-order valence-corrected chi connectivity index (χ4v) is 4.38. The van der Waals surface area contributed by atoms with Crippen molar-refractivity contribution in [2.75, 3.05) is 5.32 Å². The molecule has 0 radical (unpaired) electrons. The van der Waals surface area contributed by atoms with Crippen molar-refractivity contribution in [1.29, 1.82) is 0 Å². The number of aromatic nitrogens is 2. The van der Waals surface area contributed by atoms with Crippen LogP contribution in [0.15, 0.2) is 76.7 Å². The second-order valence-electron chi connectivity index (χ2n) is 6.02. The Morgan fingerprint density at radius 2 is 1.82 bits per heavy atom. The number of fused-ring (bicyclic) bond motifs is 1. The number of anilines is 1. The molecular weight excluding hydrogens is 390 g/mol. The first-order chi connectivity index (χ1) is 13.8. The van der Waals surface area contributed by atoms with Gasteiger partial charge in [-0.2, -0.15) is 0 Å². The maximum atomic E-state index is 12.5. The summed E-state index contributed by atoms with van der Waals surface area (Å²) in [6.45, 7) is 0. The van der Waals surface area contributed by atoms with Crippen molar-refractivity contribution in [2.24, 2.45) is 0 Å². The van der Waals surface area contributed by atoms with Crippen LogP contribution in [0, 0.1) is 0 Å². The number of hydrogen-bond donors (Lipinski definition) is 1. The predicted molar refractivity (Wildman–Crippen MR) is 113 cm³/mol. The largest absolute Gasteiger partial charge is 0.448 e. The zero-order valence-corrected chi connectivity index (χ0v) is 16.1. The van der Waals surface area contributed by atoms with E-state index in [2.05, 4.69) is 15.3 Å². The Bertz CT molecular complexity index is 1220. The predicted octanol–water partition coefficient (Wildman–Crippen LogP) is 5.93. The standard InChI is InChI=1S/C21H13N3O2S2/c25-19(23-14-7-5-13(6-8-14)20-22-11-12-27-20)16-9-10-17(26-16)21-24-15-3-1-2-4-18(15)28-21/h1-12H,(H,23,25). The third-order valence-electron chi connectivity index (χ3n) is 4.16. The smallest absolute Gasteiger partial charge is 0.291 e. The molecule has 0 aliphatic rings. The quantitative estimate of drug-likeness (QED) is 0.404. The van der Waals surface area contributed by atoms with Crippen molar-refractivity contribution in [2.45, 2.75) is 0 Å². The lowest BCUT2D eigenvalue weighted by atomic mass is 10.2. The number of nitrogens with one attached hydrogen (secondary N) is 1. The number of nitrogens with zero attached hydrogens (tertiary/aromatic N) is 2. The molecule has 1 amide bonds. The highest BCUT2D eigenvalue weighted by atomic mass is 32.1. The van der Waals surface area contributed by atoms with Gasteiger partial charge in [0.1, 0.15) is 5.01 Å². The molecule has 5 rings (SSSR count). The van der Waals surface area contributed by atoms with E-state index in [1.54, 1.807) is 29.7 Å². The van der Waals surface area contributed by atoms with Gasteiger partial charge in [-0.3, -0.25) is 4.79 Å². The molecule has 5 aromatic rings. The molecule has 136 valence electrons. The lowest BCUT2D eigenvalue weighted by Crippen LogP contribution is -2.10. The van der Waals surface area contributed by atoms with E-state index in [1.165, 1.54) is 11.3 Å². The van der Waals surface area contributed by atoms with Crippen molar-refractivity contribution in [3.8, 4) is 21.3 Å². The molecule has 28 heavy (non-hydrogen) atoms. The maximum Gasteiger partial charge on any atom is 0.291 e. The average Bonchev–Trinajstić information content (AvgIpc) is 3.48. The van der Waals surface area contributed by atoms with Crippen molar-refractivity contribution in [3.63, 3.8) is 0 Å². The van der Waals surface area contributed by atoms with Crippen LogP contribution in [0.3, 0.4) is 0 Å². The summed E-state index contributed by atoms with van der Waals surface area (Å²) in [4.78, 5) is 21.4. The van der Waals surface area contributed by atoms with Gasteiger partial charge in [-0.15, -0.1) is 22.7 Å². The van der Waals surface area contributed by atoms with E-state index < -0.39 is 0 Å². The van der Waals surface area contributed by atoms with Gasteiger partial charge >= 0.3 is 0 Å². The van der Waals surface area contributed by atoms with Crippen LogP contribution >= 0.6 is 22.7 Å². The number of thiazole rings is 2. The second-order valence-corrected chi connectivity index (χ2v) is 7.94. The van der Waals surface area contributed by atoms with Gasteiger partial charge in [0.15, 0.2) is 16.5 Å². The van der Waals surface area contributed by atoms with Crippen molar-refractivity contribution < 1.29 is 9.21 Å². The highest BCUT2D eigenvalue weighted by Crippen LogP contribution is 2.31. The normalized spacial score (nSPS) is 11.0. The summed E-state index contributed by atoms with van der Waals surface area (Å²) in [5.74, 6) is 0.540. The zero-order chi connectivity index (χ0) is 18.9. The molecule has 0 aliphatic heterocycles. The number of para-hydroxylation sites is 1. The zero-order valence-electron chi connectivity index (χ0n) is 14.5. The number of hydrogen-bond acceptors (Lipinski definition) is 6. The monoisotopic (exact) mass is 403 g/mol. The minimum absolute atomic E-state index is 0.248. The number of carbonyl (C=O) groups is 1. The summed E-state index contributed by atoms with van der Waals surface area (Å²) in [7, 11) is 0. The van der Waals surface area contributed by atoms with E-state index in [9.17, 15) is 4.79 Å². The Kier molecular flexibility index (Phi) is 4.23. The van der Waals surface area contributed by atoms with Crippen LogP contribution in [0.5, 0.6) is 0 Å². The molecular formula is C21H13N3O2S2. The van der Waals surface area contributed by atoms with Crippen LogP contribution in [0.1, 0.15) is 10.6 Å². The van der Waals surface area contributed by atoms with Crippen LogP contribution in [-0.2, 0) is 0 Å². The Morgan fingerprint density at radius 3 is 2.61 bits per heavy atom. The molecule has 2 aromatic carbocycles. The minimum Gasteiger partial charge on any atom is -0.448 e. The fourth-order valence-electron chi connectivity index (χ4n) is 2.81. The summed E-state index contributed by atoms with van der Waals surface area (Å²) in [5.41, 5.74) is 2.64. The Morgan fingerprint density at radius 1 is 0.964 bits per heavy atom. The highest BCUT2D eigenvalue weighted by Gasteiger charge is 2.15. The molecule has 3 heterocycles. The lowest BCUT2D eigenvalue weighted by molar-refractivity contribution is 0.0997. The minimum atomic E-state index is -0.297. The first kappa shape index (κ1) is 16.9. The van der Waals surface area contributed by atoms with Crippen LogP contribution in [0.2, 0.25) is 0 Å². The van der Waals surface area contributed by atoms with E-state index in [1.807, 2.05) is 53.9 Å². The Hall–Kier alpha value is -3.29. The van der Waals surface area contributed by atoms with E-state index in [4.69, 9.17) is 4.42 Å². The summed E-state index contributed by atoms with van der Waals surface area (Å²) >= 11 is 3.11. The van der Waals surface area contributed by atoms with Crippen molar-refractivity contribution in [3.05, 3.63) is 78.0 Å². The molecule has 1 N–H and O–H groups in total. The summed E-state index contributed by atoms with van der Waals surface area (Å²) in [6, 6.07) is 18.9. The Labute approximate surface area is 168 Å². The van der Waals surface area contributed by atoms with Crippen LogP contribution in [-0.4, -0.2) is 15.9 Å². The van der Waals surface area contributed by atoms with Gasteiger partial charge in [-0.05, 0) is 48.5 Å². The molecule has 0 saturated heterocycles. The average molecular weight is 403 g/mol. The number of amides is 1. The number of rotatable bonds is 4. The first-order valence-corrected chi connectivity index (χ1v) is 10.2. The van der Waals surface area contributed by atoms with Gasteiger partial charge < -0.3 is 9.73 Å². The van der Waals surface area contributed by atoms with Crippen molar-refractivity contribution >= 4 is 44.5 Å². The van der Waals surface area contributed by atoms with Crippen molar-refractivity contribution in [1.82, 2.24) is 9.97 Å². The maximum absolute atomic E-state index is 12.5. The molecule has 0 fully saturated rings. The molecule has 0 unspecified atom stereocenters. The summed E-state index contributed by atoms with van der Waals surface area (Å²) < 4.78 is 6.83. The number of furan rings is 1. The number of benzene rings is 2. The van der Waals surface area contributed by atoms with E-state index in [-0.39, 0.29) is 11.7 Å². The summed E-state index contributed by atoms with van der Waals surface area (Å²) in [5, 5.41) is 6.50. The van der Waals surface area contributed by atoms with Gasteiger partial charge in [0.05, 0.1) is 10.2 Å². The van der Waals surface area contributed by atoms with Gasteiger partial charge in [0, 0.05) is 22.8 Å². The van der Waals surface area contributed by atoms with Crippen LogP contribution in [0.4, 0.5) is 5.69 Å². The van der Waals surface area contributed by atoms with Gasteiger partial charge in [0.25, 0.3) is 5.91 Å². The van der Waals surface area contributed by atoms with E-state index in [0.717, 1.165) is 25.8 Å². The highest BCUT2D eigenvalue weighted by molar-refractivity contribution is 7.21. The van der Waals surface area contributed by atoms with E-state index in [0.29, 0.717) is 11.4 Å². The third-order valence-corrected chi connectivity index (χ3v) is 6.03.